The molecule has 1 aromatic carbocycles. The van der Waals surface area contributed by atoms with Gasteiger partial charge in [-0.3, -0.25) is 4.79 Å². The van der Waals surface area contributed by atoms with Crippen molar-refractivity contribution in [3.63, 3.8) is 0 Å². The third-order valence-electron chi connectivity index (χ3n) is 2.83. The third-order valence-corrected chi connectivity index (χ3v) is 3.85. The van der Waals surface area contributed by atoms with Gasteiger partial charge in [-0.15, -0.1) is 11.3 Å². The van der Waals surface area contributed by atoms with Crippen LogP contribution < -0.4 is 10.1 Å². The molecule has 0 fully saturated rings. The summed E-state index contributed by atoms with van der Waals surface area (Å²) in [7, 11) is 1.62. The van der Waals surface area contributed by atoms with E-state index >= 15 is 0 Å². The van der Waals surface area contributed by atoms with E-state index in [4.69, 9.17) is 4.74 Å². The van der Waals surface area contributed by atoms with Crippen molar-refractivity contribution in [2.45, 2.75) is 19.8 Å². The normalized spacial score (nSPS) is 10.3. The van der Waals surface area contributed by atoms with Crippen molar-refractivity contribution < 1.29 is 9.53 Å². The van der Waals surface area contributed by atoms with Crippen molar-refractivity contribution in [2.75, 3.05) is 13.7 Å². The number of carbonyl (C=O) groups is 1. The van der Waals surface area contributed by atoms with Crippen LogP contribution in [0.2, 0.25) is 0 Å². The van der Waals surface area contributed by atoms with Crippen molar-refractivity contribution in [2.24, 2.45) is 0 Å². The van der Waals surface area contributed by atoms with E-state index in [0.717, 1.165) is 28.4 Å². The van der Waals surface area contributed by atoms with Crippen LogP contribution in [0.4, 0.5) is 0 Å². The smallest absolute Gasteiger partial charge is 0.224 e. The lowest BCUT2D eigenvalue weighted by Crippen LogP contribution is -2.27. The lowest BCUT2D eigenvalue weighted by Gasteiger charge is -2.05. The molecule has 0 unspecified atom stereocenters. The van der Waals surface area contributed by atoms with E-state index in [1.54, 1.807) is 18.4 Å². The summed E-state index contributed by atoms with van der Waals surface area (Å²) in [5, 5.41) is 5.99. The monoisotopic (exact) mass is 290 g/mol. The summed E-state index contributed by atoms with van der Waals surface area (Å²) in [6.45, 7) is 2.59. The predicted octanol–water partition coefficient (Wildman–Crippen LogP) is 2.36. The molecule has 0 aliphatic heterocycles. The van der Waals surface area contributed by atoms with Crippen molar-refractivity contribution >= 4 is 17.2 Å². The highest BCUT2D eigenvalue weighted by Gasteiger charge is 2.05. The molecule has 2 aromatic rings. The van der Waals surface area contributed by atoms with Crippen LogP contribution in [0.1, 0.15) is 16.3 Å². The molecule has 106 valence electrons. The van der Waals surface area contributed by atoms with Gasteiger partial charge in [-0.05, 0) is 24.6 Å². The second-order valence-corrected chi connectivity index (χ2v) is 5.45. The van der Waals surface area contributed by atoms with Crippen LogP contribution in [0.25, 0.3) is 0 Å². The van der Waals surface area contributed by atoms with E-state index < -0.39 is 0 Å². The van der Waals surface area contributed by atoms with Crippen LogP contribution in [-0.2, 0) is 17.6 Å². The Morgan fingerprint density at radius 2 is 2.30 bits per heavy atom. The van der Waals surface area contributed by atoms with Crippen molar-refractivity contribution in [1.82, 2.24) is 10.3 Å². The highest BCUT2D eigenvalue weighted by atomic mass is 32.1. The number of carbonyl (C=O) groups excluding carboxylic acids is 1. The highest BCUT2D eigenvalue weighted by Crippen LogP contribution is 2.13. The van der Waals surface area contributed by atoms with E-state index in [1.165, 1.54) is 0 Å². The molecule has 0 saturated carbocycles. The third kappa shape index (κ3) is 4.35. The van der Waals surface area contributed by atoms with Crippen LogP contribution in [0.15, 0.2) is 29.6 Å². The lowest BCUT2D eigenvalue weighted by molar-refractivity contribution is -0.120. The van der Waals surface area contributed by atoms with Gasteiger partial charge >= 0.3 is 0 Å². The predicted molar refractivity (Wildman–Crippen MR) is 80.3 cm³/mol. The van der Waals surface area contributed by atoms with Gasteiger partial charge in [0.2, 0.25) is 5.91 Å². The highest BCUT2D eigenvalue weighted by molar-refractivity contribution is 7.09. The summed E-state index contributed by atoms with van der Waals surface area (Å²) in [5.74, 6) is 0.792. The van der Waals surface area contributed by atoms with Crippen LogP contribution in [-0.4, -0.2) is 24.5 Å². The molecule has 0 aliphatic rings. The number of aromatic nitrogens is 1. The molecule has 0 atom stereocenters. The largest absolute Gasteiger partial charge is 0.497 e. The number of amides is 1. The Kier molecular flexibility index (Phi) is 5.12. The van der Waals surface area contributed by atoms with Gasteiger partial charge in [0.1, 0.15) is 5.75 Å². The van der Waals surface area contributed by atoms with Crippen LogP contribution in [0.3, 0.4) is 0 Å². The number of hydrogen-bond donors (Lipinski definition) is 1. The van der Waals surface area contributed by atoms with Crippen molar-refractivity contribution in [1.29, 1.82) is 0 Å². The molecule has 1 aromatic heterocycles. The first kappa shape index (κ1) is 14.5. The number of methoxy groups -OCH3 is 1. The van der Waals surface area contributed by atoms with Gasteiger partial charge in [0.25, 0.3) is 0 Å². The fourth-order valence-electron chi connectivity index (χ4n) is 1.86. The Morgan fingerprint density at radius 1 is 1.45 bits per heavy atom. The van der Waals surface area contributed by atoms with E-state index in [1.807, 2.05) is 36.6 Å². The molecule has 20 heavy (non-hydrogen) atoms. The first-order valence-corrected chi connectivity index (χ1v) is 7.36. The first-order chi connectivity index (χ1) is 9.67. The zero-order valence-corrected chi connectivity index (χ0v) is 12.5. The Labute approximate surface area is 122 Å². The maximum Gasteiger partial charge on any atom is 0.224 e. The quantitative estimate of drug-likeness (QED) is 0.888. The molecule has 1 N–H and O–H groups in total. The second-order valence-electron chi connectivity index (χ2n) is 4.51. The lowest BCUT2D eigenvalue weighted by atomic mass is 10.1. The number of aryl methyl sites for hydroxylation is 1. The second kappa shape index (κ2) is 7.05. The first-order valence-electron chi connectivity index (χ1n) is 6.48. The molecule has 1 amide bonds. The van der Waals surface area contributed by atoms with Gasteiger partial charge < -0.3 is 10.1 Å². The van der Waals surface area contributed by atoms with Crippen LogP contribution in [0, 0.1) is 6.92 Å². The van der Waals surface area contributed by atoms with E-state index in [2.05, 4.69) is 10.3 Å². The average Bonchev–Trinajstić information content (AvgIpc) is 2.84. The summed E-state index contributed by atoms with van der Waals surface area (Å²) in [4.78, 5) is 16.2. The molecule has 0 aliphatic carbocycles. The molecular formula is C15H18N2O2S. The minimum Gasteiger partial charge on any atom is -0.497 e. The minimum atomic E-state index is 0.0199. The summed E-state index contributed by atoms with van der Waals surface area (Å²) in [5.41, 5.74) is 1.99. The Balaban J connectivity index is 1.77. The number of benzene rings is 1. The molecular weight excluding hydrogens is 272 g/mol. The molecule has 5 heteroatoms. The van der Waals surface area contributed by atoms with Crippen molar-refractivity contribution in [3.8, 4) is 5.75 Å². The fourth-order valence-corrected chi connectivity index (χ4v) is 2.63. The number of nitrogens with one attached hydrogen (secondary N) is 1. The molecule has 1 heterocycles. The maximum atomic E-state index is 11.8. The molecule has 2 rings (SSSR count). The zero-order valence-electron chi connectivity index (χ0n) is 11.7. The summed E-state index contributed by atoms with van der Waals surface area (Å²) in [6.07, 6.45) is 1.15. The molecule has 0 spiro atoms. The Morgan fingerprint density at radius 3 is 3.00 bits per heavy atom. The molecule has 0 saturated heterocycles. The minimum absolute atomic E-state index is 0.0199. The number of thiazole rings is 1. The van der Waals surface area contributed by atoms with Gasteiger partial charge in [0, 0.05) is 24.0 Å². The standard InChI is InChI=1S/C15H18N2O2S/c1-11-10-20-15(17-11)6-7-16-14(18)9-12-4-3-5-13(8-12)19-2/h3-5,8,10H,6-7,9H2,1-2H3,(H,16,18). The van der Waals surface area contributed by atoms with Gasteiger partial charge in [0.15, 0.2) is 0 Å². The average molecular weight is 290 g/mol. The van der Waals surface area contributed by atoms with E-state index in [0.29, 0.717) is 13.0 Å². The van der Waals surface area contributed by atoms with Crippen LogP contribution >= 0.6 is 11.3 Å². The topological polar surface area (TPSA) is 51.2 Å². The number of rotatable bonds is 6. The summed E-state index contributed by atoms with van der Waals surface area (Å²) >= 11 is 1.63. The number of hydrogen-bond acceptors (Lipinski definition) is 4. The summed E-state index contributed by atoms with van der Waals surface area (Å²) in [6, 6.07) is 7.56. The van der Waals surface area contributed by atoms with Gasteiger partial charge in [-0.2, -0.15) is 0 Å². The van der Waals surface area contributed by atoms with E-state index in [-0.39, 0.29) is 5.91 Å². The SMILES string of the molecule is COc1cccc(CC(=O)NCCc2nc(C)cs2)c1. The zero-order chi connectivity index (χ0) is 14.4. The van der Waals surface area contributed by atoms with Gasteiger partial charge in [-0.1, -0.05) is 12.1 Å². The fraction of sp³-hybridized carbons (Fsp3) is 0.333. The van der Waals surface area contributed by atoms with Gasteiger partial charge in [-0.25, -0.2) is 4.98 Å². The maximum absolute atomic E-state index is 11.8. The number of nitrogens with zero attached hydrogens (tertiary/aromatic N) is 1. The molecule has 0 bridgehead atoms. The van der Waals surface area contributed by atoms with Crippen LogP contribution in [0.5, 0.6) is 5.75 Å². The molecule has 4 nitrogen and oxygen atoms in total. The van der Waals surface area contributed by atoms with Crippen molar-refractivity contribution in [3.05, 3.63) is 45.9 Å². The molecule has 0 radical (unpaired) electrons. The van der Waals surface area contributed by atoms with Gasteiger partial charge in [0.05, 0.1) is 18.5 Å². The Hall–Kier alpha value is -1.88. The Bertz CT molecular complexity index is 581. The summed E-state index contributed by atoms with van der Waals surface area (Å²) < 4.78 is 5.14. The van der Waals surface area contributed by atoms with E-state index in [9.17, 15) is 4.79 Å². The number of ether oxygens (including phenoxy) is 1.